The number of phenolic OH excluding ortho intramolecular Hbond substituents is 1. The van der Waals surface area contributed by atoms with E-state index in [1.807, 2.05) is 19.9 Å². The van der Waals surface area contributed by atoms with Gasteiger partial charge < -0.3 is 10.3 Å². The highest BCUT2D eigenvalue weighted by molar-refractivity contribution is 5.71. The molecule has 0 aliphatic carbocycles. The Morgan fingerprint density at radius 1 is 1.24 bits per heavy atom. The van der Waals surface area contributed by atoms with Crippen LogP contribution in [0.4, 0.5) is 0 Å². The molecule has 0 saturated carbocycles. The quantitative estimate of drug-likeness (QED) is 0.602. The fraction of sp³-hybridized carbons (Fsp3) is 0.231. The van der Waals surface area contributed by atoms with E-state index in [0.29, 0.717) is 5.69 Å². The SMILES string of the molecule is Cc1cc(O)ccc1-c1c(C)nc[n+]([O-])c1C. The Morgan fingerprint density at radius 2 is 1.94 bits per heavy atom. The Labute approximate surface area is 99.8 Å². The average Bonchev–Trinajstić information content (AvgIpc) is 2.27. The predicted molar refractivity (Wildman–Crippen MR) is 64.5 cm³/mol. The molecule has 0 amide bonds. The summed E-state index contributed by atoms with van der Waals surface area (Å²) in [5.41, 5.74) is 4.11. The zero-order valence-electron chi connectivity index (χ0n) is 10.1. The van der Waals surface area contributed by atoms with Gasteiger partial charge >= 0.3 is 0 Å². The Morgan fingerprint density at radius 3 is 2.59 bits per heavy atom. The number of aromatic hydroxyl groups is 1. The summed E-state index contributed by atoms with van der Waals surface area (Å²) in [6.45, 7) is 5.54. The van der Waals surface area contributed by atoms with Gasteiger partial charge in [-0.3, -0.25) is 0 Å². The highest BCUT2D eigenvalue weighted by atomic mass is 16.5. The van der Waals surface area contributed by atoms with Crippen LogP contribution in [0, 0.1) is 26.0 Å². The van der Waals surface area contributed by atoms with Crippen LogP contribution in [0.1, 0.15) is 17.0 Å². The van der Waals surface area contributed by atoms with Crippen molar-refractivity contribution < 1.29 is 9.84 Å². The molecule has 0 bridgehead atoms. The molecule has 88 valence electrons. The number of nitrogens with zero attached hydrogens (tertiary/aromatic N) is 2. The first-order valence-electron chi connectivity index (χ1n) is 5.36. The maximum absolute atomic E-state index is 11.5. The van der Waals surface area contributed by atoms with Gasteiger partial charge in [-0.2, -0.15) is 0 Å². The largest absolute Gasteiger partial charge is 0.711 e. The Kier molecular flexibility index (Phi) is 2.71. The number of hydrogen-bond acceptors (Lipinski definition) is 3. The molecular weight excluding hydrogens is 216 g/mol. The summed E-state index contributed by atoms with van der Waals surface area (Å²) in [4.78, 5) is 4.07. The van der Waals surface area contributed by atoms with Crippen LogP contribution in [0.15, 0.2) is 24.5 Å². The summed E-state index contributed by atoms with van der Waals surface area (Å²) in [6.07, 6.45) is 1.27. The molecule has 4 heteroatoms. The molecule has 0 aliphatic rings. The van der Waals surface area contributed by atoms with Gasteiger partial charge in [0.05, 0.1) is 5.56 Å². The van der Waals surface area contributed by atoms with E-state index >= 15 is 0 Å². The first-order chi connectivity index (χ1) is 8.00. The van der Waals surface area contributed by atoms with Crippen molar-refractivity contribution >= 4 is 0 Å². The van der Waals surface area contributed by atoms with Gasteiger partial charge in [-0.1, -0.05) is 11.1 Å². The normalized spacial score (nSPS) is 10.5. The minimum atomic E-state index is 0.223. The van der Waals surface area contributed by atoms with Crippen LogP contribution in [0.25, 0.3) is 11.1 Å². The number of phenols is 1. The van der Waals surface area contributed by atoms with Gasteiger partial charge in [0.15, 0.2) is 5.69 Å². The number of aryl methyl sites for hydroxylation is 2. The summed E-state index contributed by atoms with van der Waals surface area (Å²) < 4.78 is 0.759. The van der Waals surface area contributed by atoms with Crippen molar-refractivity contribution in [2.75, 3.05) is 0 Å². The van der Waals surface area contributed by atoms with Gasteiger partial charge in [0.2, 0.25) is 0 Å². The average molecular weight is 230 g/mol. The number of rotatable bonds is 1. The van der Waals surface area contributed by atoms with E-state index in [9.17, 15) is 10.3 Å². The molecule has 0 saturated heterocycles. The molecule has 0 radical (unpaired) electrons. The van der Waals surface area contributed by atoms with Crippen molar-refractivity contribution in [1.82, 2.24) is 4.98 Å². The van der Waals surface area contributed by atoms with Gasteiger partial charge in [-0.15, -0.1) is 0 Å². The van der Waals surface area contributed by atoms with E-state index in [1.165, 1.54) is 6.33 Å². The van der Waals surface area contributed by atoms with Crippen molar-refractivity contribution in [2.24, 2.45) is 0 Å². The second-order valence-corrected chi connectivity index (χ2v) is 4.12. The van der Waals surface area contributed by atoms with Crippen LogP contribution in [0.3, 0.4) is 0 Å². The maximum Gasteiger partial charge on any atom is 0.289 e. The fourth-order valence-electron chi connectivity index (χ4n) is 1.98. The molecule has 1 heterocycles. The molecule has 17 heavy (non-hydrogen) atoms. The van der Waals surface area contributed by atoms with E-state index in [1.54, 1.807) is 19.1 Å². The second kappa shape index (κ2) is 4.05. The van der Waals surface area contributed by atoms with Gasteiger partial charge in [0.25, 0.3) is 6.33 Å². The lowest BCUT2D eigenvalue weighted by Crippen LogP contribution is -2.31. The molecule has 0 spiro atoms. The molecule has 0 aliphatic heterocycles. The smallest absolute Gasteiger partial charge is 0.289 e. The van der Waals surface area contributed by atoms with Crippen LogP contribution < -0.4 is 4.73 Å². The molecule has 1 aromatic heterocycles. The first kappa shape index (κ1) is 11.4. The second-order valence-electron chi connectivity index (χ2n) is 4.12. The van der Waals surface area contributed by atoms with E-state index in [4.69, 9.17) is 0 Å². The Hall–Kier alpha value is -2.10. The molecule has 0 atom stereocenters. The molecule has 2 aromatic rings. The van der Waals surface area contributed by atoms with E-state index in [0.717, 1.165) is 27.1 Å². The van der Waals surface area contributed by atoms with Crippen molar-refractivity contribution in [3.05, 3.63) is 46.7 Å². The lowest BCUT2D eigenvalue weighted by Gasteiger charge is -2.12. The topological polar surface area (TPSA) is 60.1 Å². The summed E-state index contributed by atoms with van der Waals surface area (Å²) in [5.74, 6) is 0.223. The molecule has 0 fully saturated rings. The Bertz CT molecular complexity index is 580. The molecule has 0 unspecified atom stereocenters. The van der Waals surface area contributed by atoms with Gasteiger partial charge in [0, 0.05) is 6.92 Å². The Balaban J connectivity index is 2.72. The monoisotopic (exact) mass is 230 g/mol. The third kappa shape index (κ3) is 1.93. The molecule has 4 nitrogen and oxygen atoms in total. The highest BCUT2D eigenvalue weighted by Crippen LogP contribution is 2.29. The number of hydrogen-bond donors (Lipinski definition) is 1. The third-order valence-electron chi connectivity index (χ3n) is 2.89. The van der Waals surface area contributed by atoms with Crippen LogP contribution >= 0.6 is 0 Å². The van der Waals surface area contributed by atoms with E-state index in [2.05, 4.69) is 4.98 Å². The van der Waals surface area contributed by atoms with Crippen LogP contribution in [-0.4, -0.2) is 10.1 Å². The molecule has 1 aromatic carbocycles. The van der Waals surface area contributed by atoms with Crippen LogP contribution in [0.2, 0.25) is 0 Å². The number of aromatic nitrogens is 2. The lowest BCUT2D eigenvalue weighted by atomic mass is 9.98. The lowest BCUT2D eigenvalue weighted by molar-refractivity contribution is -0.615. The summed E-state index contributed by atoms with van der Waals surface area (Å²) in [6, 6.07) is 5.10. The minimum Gasteiger partial charge on any atom is -0.711 e. The van der Waals surface area contributed by atoms with Gasteiger partial charge in [-0.05, 0) is 37.1 Å². The van der Waals surface area contributed by atoms with Crippen molar-refractivity contribution in [3.8, 4) is 16.9 Å². The standard InChI is InChI=1S/C13H14N2O2/c1-8-6-11(16)4-5-12(8)13-9(2)14-7-15(17)10(13)3/h4-7,16H,1-3H3. The summed E-state index contributed by atoms with van der Waals surface area (Å²) >= 11 is 0. The van der Waals surface area contributed by atoms with Crippen molar-refractivity contribution in [3.63, 3.8) is 0 Å². The van der Waals surface area contributed by atoms with Gasteiger partial charge in [0.1, 0.15) is 11.4 Å². The van der Waals surface area contributed by atoms with Crippen molar-refractivity contribution in [1.29, 1.82) is 0 Å². The molecule has 1 N–H and O–H groups in total. The zero-order chi connectivity index (χ0) is 12.6. The molecular formula is C13H14N2O2. The molecule has 2 rings (SSSR count). The highest BCUT2D eigenvalue weighted by Gasteiger charge is 2.15. The predicted octanol–water partition coefficient (Wildman–Crippen LogP) is 2.01. The van der Waals surface area contributed by atoms with E-state index < -0.39 is 0 Å². The fourth-order valence-corrected chi connectivity index (χ4v) is 1.98. The first-order valence-corrected chi connectivity index (χ1v) is 5.36. The van der Waals surface area contributed by atoms with Crippen LogP contribution in [0.5, 0.6) is 5.75 Å². The van der Waals surface area contributed by atoms with Gasteiger partial charge in [-0.25, -0.2) is 4.73 Å². The third-order valence-corrected chi connectivity index (χ3v) is 2.89. The minimum absolute atomic E-state index is 0.223. The van der Waals surface area contributed by atoms with Crippen molar-refractivity contribution in [2.45, 2.75) is 20.8 Å². The number of benzene rings is 1. The maximum atomic E-state index is 11.5. The van der Waals surface area contributed by atoms with E-state index in [-0.39, 0.29) is 5.75 Å². The zero-order valence-corrected chi connectivity index (χ0v) is 10.1. The summed E-state index contributed by atoms with van der Waals surface area (Å²) in [7, 11) is 0. The van der Waals surface area contributed by atoms with Crippen LogP contribution in [-0.2, 0) is 0 Å². The summed E-state index contributed by atoms with van der Waals surface area (Å²) in [5, 5.41) is 20.9.